The smallest absolute Gasteiger partial charge is 0.179 e. The Morgan fingerprint density at radius 1 is 1.70 bits per heavy atom. The van der Waals surface area contributed by atoms with Crippen molar-refractivity contribution in [3.63, 3.8) is 0 Å². The van der Waals surface area contributed by atoms with Crippen LogP contribution in [0.2, 0.25) is 0 Å². The Kier molecular flexibility index (Phi) is 4.54. The summed E-state index contributed by atoms with van der Waals surface area (Å²) in [6, 6.07) is 0. The third-order valence-electron chi connectivity index (χ3n) is 0.953. The van der Waals surface area contributed by atoms with Crippen LogP contribution in [0.25, 0.3) is 0 Å². The van der Waals surface area contributed by atoms with Gasteiger partial charge in [-0.05, 0) is 6.92 Å². The van der Waals surface area contributed by atoms with Gasteiger partial charge in [0.1, 0.15) is 12.8 Å². The van der Waals surface area contributed by atoms with E-state index in [1.54, 1.807) is 0 Å². The van der Waals surface area contributed by atoms with Crippen LogP contribution >= 0.6 is 0 Å². The van der Waals surface area contributed by atoms with Crippen molar-refractivity contribution in [2.45, 2.75) is 20.8 Å². The first-order valence-electron chi connectivity index (χ1n) is 3.37. The fourth-order valence-corrected chi connectivity index (χ4v) is 0.313. The lowest BCUT2D eigenvalue weighted by molar-refractivity contribution is -0.115. The maximum Gasteiger partial charge on any atom is 0.179 e. The number of carbonyl (C=O) groups is 1. The highest BCUT2D eigenvalue weighted by molar-refractivity contribution is 6.28. The molecule has 0 aromatic carbocycles. The molecule has 0 aliphatic rings. The van der Waals surface area contributed by atoms with E-state index >= 15 is 0 Å². The minimum atomic E-state index is -0.00606. The summed E-state index contributed by atoms with van der Waals surface area (Å²) in [7, 11) is 0. The summed E-state index contributed by atoms with van der Waals surface area (Å²) >= 11 is 0. The molecule has 0 N–H and O–H groups in total. The first-order valence-corrected chi connectivity index (χ1v) is 3.37. The molecular formula is C7H13NO2. The maximum atomic E-state index is 10.8. The molecule has 58 valence electrons. The molecule has 0 spiro atoms. The molecule has 0 atom stereocenters. The number of rotatable bonds is 4. The molecule has 0 bridgehead atoms. The second-order valence-electron chi connectivity index (χ2n) is 2.21. The average molecular weight is 143 g/mol. The topological polar surface area (TPSA) is 38.7 Å². The van der Waals surface area contributed by atoms with E-state index in [1.807, 2.05) is 20.8 Å². The third kappa shape index (κ3) is 4.06. The Morgan fingerprint density at radius 2 is 2.30 bits per heavy atom. The fourth-order valence-electron chi connectivity index (χ4n) is 0.313. The van der Waals surface area contributed by atoms with Crippen LogP contribution in [0.3, 0.4) is 0 Å². The normalized spacial score (nSPS) is 10.8. The van der Waals surface area contributed by atoms with Gasteiger partial charge < -0.3 is 4.84 Å². The highest BCUT2D eigenvalue weighted by atomic mass is 16.6. The van der Waals surface area contributed by atoms with Crippen LogP contribution in [-0.4, -0.2) is 18.6 Å². The highest BCUT2D eigenvalue weighted by Gasteiger charge is 2.01. The Morgan fingerprint density at radius 3 is 2.70 bits per heavy atom. The van der Waals surface area contributed by atoms with E-state index in [4.69, 9.17) is 0 Å². The number of ketones is 1. The lowest BCUT2D eigenvalue weighted by atomic mass is 10.1. The number of carbonyl (C=O) groups excluding carboxylic acids is 1. The fraction of sp³-hybridized carbons (Fsp3) is 0.714. The Balaban J connectivity index is 3.56. The number of hydrogen-bond donors (Lipinski definition) is 0. The van der Waals surface area contributed by atoms with E-state index < -0.39 is 0 Å². The van der Waals surface area contributed by atoms with Crippen molar-refractivity contribution in [1.29, 1.82) is 0 Å². The standard InChI is InChI=1S/C7H13NO2/c1-4-10-8-5-7(9)6(2)3/h5-6H,4H2,1-3H3/b8-5+. The zero-order valence-corrected chi connectivity index (χ0v) is 6.63. The van der Waals surface area contributed by atoms with Gasteiger partial charge in [0.2, 0.25) is 0 Å². The van der Waals surface area contributed by atoms with Crippen LogP contribution in [0.4, 0.5) is 0 Å². The van der Waals surface area contributed by atoms with Gasteiger partial charge in [-0.1, -0.05) is 19.0 Å². The van der Waals surface area contributed by atoms with E-state index in [-0.39, 0.29) is 11.7 Å². The lowest BCUT2D eigenvalue weighted by Gasteiger charge is -1.95. The van der Waals surface area contributed by atoms with E-state index in [1.165, 1.54) is 6.21 Å². The molecule has 3 nitrogen and oxygen atoms in total. The summed E-state index contributed by atoms with van der Waals surface area (Å²) in [6.45, 7) is 5.96. The molecule has 0 radical (unpaired) electrons. The van der Waals surface area contributed by atoms with Gasteiger partial charge in [0.25, 0.3) is 0 Å². The van der Waals surface area contributed by atoms with Crippen LogP contribution in [-0.2, 0) is 9.63 Å². The predicted octanol–water partition coefficient (Wildman–Crippen LogP) is 1.23. The van der Waals surface area contributed by atoms with Gasteiger partial charge >= 0.3 is 0 Å². The van der Waals surface area contributed by atoms with Gasteiger partial charge in [0.05, 0.1) is 0 Å². The van der Waals surface area contributed by atoms with E-state index in [2.05, 4.69) is 9.99 Å². The molecule has 0 rings (SSSR count). The number of oxime groups is 1. The first-order chi connectivity index (χ1) is 4.68. The van der Waals surface area contributed by atoms with E-state index in [0.717, 1.165) is 0 Å². The first kappa shape index (κ1) is 9.14. The van der Waals surface area contributed by atoms with Crippen LogP contribution in [0.1, 0.15) is 20.8 Å². The molecule has 0 amide bonds. The predicted molar refractivity (Wildman–Crippen MR) is 40.0 cm³/mol. The largest absolute Gasteiger partial charge is 0.396 e. The number of hydrogen-bond acceptors (Lipinski definition) is 3. The summed E-state index contributed by atoms with van der Waals surface area (Å²) in [5, 5.41) is 3.44. The molecule has 0 aromatic rings. The van der Waals surface area contributed by atoms with Gasteiger partial charge in [-0.3, -0.25) is 4.79 Å². The Bertz CT molecular complexity index is 130. The van der Waals surface area contributed by atoms with Crippen LogP contribution in [0.5, 0.6) is 0 Å². The third-order valence-corrected chi connectivity index (χ3v) is 0.953. The van der Waals surface area contributed by atoms with Crippen molar-refractivity contribution in [3.05, 3.63) is 0 Å². The minimum Gasteiger partial charge on any atom is -0.396 e. The van der Waals surface area contributed by atoms with Crippen LogP contribution in [0, 0.1) is 5.92 Å². The SMILES string of the molecule is CCO/N=C/C(=O)C(C)C. The second kappa shape index (κ2) is 4.97. The van der Waals surface area contributed by atoms with Crippen molar-refractivity contribution < 1.29 is 9.63 Å². The van der Waals surface area contributed by atoms with Gasteiger partial charge in [-0.2, -0.15) is 0 Å². The average Bonchev–Trinajstić information content (AvgIpc) is 1.88. The molecule has 0 saturated heterocycles. The highest BCUT2D eigenvalue weighted by Crippen LogP contribution is 1.90. The van der Waals surface area contributed by atoms with Gasteiger partial charge in [0.15, 0.2) is 5.78 Å². The molecular weight excluding hydrogens is 130 g/mol. The minimum absolute atomic E-state index is 0.00389. The van der Waals surface area contributed by atoms with Crippen molar-refractivity contribution in [3.8, 4) is 0 Å². The Hall–Kier alpha value is -0.860. The summed E-state index contributed by atoms with van der Waals surface area (Å²) in [6.07, 6.45) is 1.22. The molecule has 3 heteroatoms. The lowest BCUT2D eigenvalue weighted by Crippen LogP contribution is -2.07. The van der Waals surface area contributed by atoms with Gasteiger partial charge in [0, 0.05) is 5.92 Å². The van der Waals surface area contributed by atoms with Gasteiger partial charge in [-0.15, -0.1) is 0 Å². The monoisotopic (exact) mass is 143 g/mol. The molecule has 0 aromatic heterocycles. The zero-order valence-electron chi connectivity index (χ0n) is 6.63. The summed E-state index contributed by atoms with van der Waals surface area (Å²) in [5.41, 5.74) is 0. The number of Topliss-reactive ketones (excluding diaryl/α,β-unsaturated/α-hetero) is 1. The van der Waals surface area contributed by atoms with Crippen molar-refractivity contribution in [2.75, 3.05) is 6.61 Å². The molecule has 0 aliphatic carbocycles. The zero-order chi connectivity index (χ0) is 7.98. The summed E-state index contributed by atoms with van der Waals surface area (Å²) in [5.74, 6) is -0.00217. The maximum absolute atomic E-state index is 10.8. The van der Waals surface area contributed by atoms with Crippen molar-refractivity contribution in [2.24, 2.45) is 11.1 Å². The molecule has 0 heterocycles. The molecule has 0 aliphatic heterocycles. The quantitative estimate of drug-likeness (QED) is 0.438. The van der Waals surface area contributed by atoms with Crippen molar-refractivity contribution >= 4 is 12.0 Å². The molecule has 0 saturated carbocycles. The molecule has 10 heavy (non-hydrogen) atoms. The second-order valence-corrected chi connectivity index (χ2v) is 2.21. The molecule has 0 fully saturated rings. The van der Waals surface area contributed by atoms with Crippen molar-refractivity contribution in [1.82, 2.24) is 0 Å². The molecule has 0 unspecified atom stereocenters. The summed E-state index contributed by atoms with van der Waals surface area (Å²) < 4.78 is 0. The van der Waals surface area contributed by atoms with E-state index in [0.29, 0.717) is 6.61 Å². The summed E-state index contributed by atoms with van der Waals surface area (Å²) in [4.78, 5) is 15.4. The number of nitrogens with zero attached hydrogens (tertiary/aromatic N) is 1. The Labute approximate surface area is 61.1 Å². The van der Waals surface area contributed by atoms with Gasteiger partial charge in [-0.25, -0.2) is 0 Å². The van der Waals surface area contributed by atoms with Crippen LogP contribution in [0.15, 0.2) is 5.16 Å². The van der Waals surface area contributed by atoms with Crippen LogP contribution < -0.4 is 0 Å². The van der Waals surface area contributed by atoms with E-state index in [9.17, 15) is 4.79 Å².